The molecule has 1 aromatic carbocycles. The van der Waals surface area contributed by atoms with Crippen molar-refractivity contribution in [1.29, 1.82) is 0 Å². The van der Waals surface area contributed by atoms with Gasteiger partial charge in [0.15, 0.2) is 0 Å². The molecule has 2 N–H and O–H groups in total. The van der Waals surface area contributed by atoms with E-state index in [9.17, 15) is 4.79 Å². The van der Waals surface area contributed by atoms with Crippen molar-refractivity contribution in [2.75, 3.05) is 39.3 Å². The first-order valence-electron chi connectivity index (χ1n) is 9.22. The Kier molecular flexibility index (Phi) is 6.24. The molecule has 1 aromatic rings. The van der Waals surface area contributed by atoms with Crippen LogP contribution in [-0.2, 0) is 11.3 Å². The largest absolute Gasteiger partial charge is 0.351 e. The third kappa shape index (κ3) is 5.03. The third-order valence-corrected chi connectivity index (χ3v) is 5.19. The Labute approximate surface area is 145 Å². The van der Waals surface area contributed by atoms with Crippen LogP contribution in [0.5, 0.6) is 0 Å². The van der Waals surface area contributed by atoms with E-state index in [1.54, 1.807) is 0 Å². The van der Waals surface area contributed by atoms with Gasteiger partial charge >= 0.3 is 0 Å². The van der Waals surface area contributed by atoms with Crippen LogP contribution in [0.3, 0.4) is 0 Å². The molecule has 1 amide bonds. The second kappa shape index (κ2) is 8.60. The van der Waals surface area contributed by atoms with Crippen molar-refractivity contribution in [3.63, 3.8) is 0 Å². The predicted octanol–water partition coefficient (Wildman–Crippen LogP) is 1.06. The van der Waals surface area contributed by atoms with Gasteiger partial charge in [-0.15, -0.1) is 0 Å². The summed E-state index contributed by atoms with van der Waals surface area (Å²) in [5, 5.41) is 6.65. The zero-order valence-corrected chi connectivity index (χ0v) is 14.7. The number of piperazine rings is 1. The summed E-state index contributed by atoms with van der Waals surface area (Å²) in [5.74, 6) is 0.173. The summed E-state index contributed by atoms with van der Waals surface area (Å²) in [6.45, 7) is 8.77. The molecular weight excluding hydrogens is 300 g/mol. The molecule has 0 saturated carbocycles. The number of amides is 1. The maximum Gasteiger partial charge on any atom is 0.234 e. The minimum Gasteiger partial charge on any atom is -0.351 e. The molecule has 2 aliphatic heterocycles. The molecule has 2 unspecified atom stereocenters. The Bertz CT molecular complexity index is 513. The Morgan fingerprint density at radius 2 is 1.88 bits per heavy atom. The Morgan fingerprint density at radius 3 is 2.58 bits per heavy atom. The molecule has 2 atom stereocenters. The van der Waals surface area contributed by atoms with Gasteiger partial charge in [-0.25, -0.2) is 0 Å². The highest BCUT2D eigenvalue weighted by atomic mass is 16.2. The second-order valence-corrected chi connectivity index (χ2v) is 7.10. The minimum atomic E-state index is 0.173. The summed E-state index contributed by atoms with van der Waals surface area (Å²) in [6, 6.07) is 11.3. The molecule has 0 aliphatic carbocycles. The first-order valence-corrected chi connectivity index (χ1v) is 9.22. The van der Waals surface area contributed by atoms with Crippen molar-refractivity contribution >= 4 is 5.91 Å². The minimum absolute atomic E-state index is 0.173. The van der Waals surface area contributed by atoms with Crippen molar-refractivity contribution < 1.29 is 4.79 Å². The first kappa shape index (κ1) is 17.4. The fourth-order valence-corrected chi connectivity index (χ4v) is 3.64. The van der Waals surface area contributed by atoms with Crippen LogP contribution >= 0.6 is 0 Å². The number of piperidine rings is 1. The summed E-state index contributed by atoms with van der Waals surface area (Å²) in [6.07, 6.45) is 2.23. The van der Waals surface area contributed by atoms with Crippen LogP contribution in [-0.4, -0.2) is 67.1 Å². The van der Waals surface area contributed by atoms with Crippen molar-refractivity contribution in [2.24, 2.45) is 0 Å². The van der Waals surface area contributed by atoms with Gasteiger partial charge in [0.2, 0.25) is 5.91 Å². The predicted molar refractivity (Wildman–Crippen MR) is 96.8 cm³/mol. The Balaban J connectivity index is 1.38. The number of nitrogens with zero attached hydrogens (tertiary/aromatic N) is 2. The summed E-state index contributed by atoms with van der Waals surface area (Å²) in [4.78, 5) is 17.0. The number of carbonyl (C=O) groups excluding carboxylic acids is 1. The highest BCUT2D eigenvalue weighted by molar-refractivity contribution is 5.78. The van der Waals surface area contributed by atoms with E-state index in [1.807, 2.05) is 0 Å². The fraction of sp³-hybridized carbons (Fsp3) is 0.632. The number of hydrogen-bond donors (Lipinski definition) is 2. The van der Waals surface area contributed by atoms with Crippen LogP contribution < -0.4 is 10.6 Å². The van der Waals surface area contributed by atoms with E-state index in [-0.39, 0.29) is 11.9 Å². The molecule has 3 rings (SSSR count). The van der Waals surface area contributed by atoms with Crippen molar-refractivity contribution in [2.45, 2.75) is 38.4 Å². The van der Waals surface area contributed by atoms with Gasteiger partial charge in [-0.1, -0.05) is 30.3 Å². The summed E-state index contributed by atoms with van der Waals surface area (Å²) >= 11 is 0. The lowest BCUT2D eigenvalue weighted by Crippen LogP contribution is -2.55. The van der Waals surface area contributed by atoms with E-state index in [4.69, 9.17) is 0 Å². The van der Waals surface area contributed by atoms with Crippen LogP contribution in [0, 0.1) is 0 Å². The summed E-state index contributed by atoms with van der Waals surface area (Å²) in [5.41, 5.74) is 1.36. The normalized spacial score (nSPS) is 26.2. The molecule has 0 aromatic heterocycles. The molecule has 0 radical (unpaired) electrons. The van der Waals surface area contributed by atoms with Crippen LogP contribution in [0.2, 0.25) is 0 Å². The topological polar surface area (TPSA) is 47.6 Å². The lowest BCUT2D eigenvalue weighted by atomic mass is 10.00. The third-order valence-electron chi connectivity index (χ3n) is 5.19. The molecule has 2 aliphatic rings. The SMILES string of the molecule is CC1NCCCC1NC(=O)CN1CCN(Cc2ccccc2)CC1. The number of rotatable bonds is 5. The molecule has 24 heavy (non-hydrogen) atoms. The number of hydrogen-bond acceptors (Lipinski definition) is 4. The first-order chi connectivity index (χ1) is 11.7. The van der Waals surface area contributed by atoms with Gasteiger partial charge in [0.25, 0.3) is 0 Å². The van der Waals surface area contributed by atoms with Gasteiger partial charge < -0.3 is 10.6 Å². The van der Waals surface area contributed by atoms with Crippen molar-refractivity contribution in [1.82, 2.24) is 20.4 Å². The lowest BCUT2D eigenvalue weighted by molar-refractivity contribution is -0.123. The van der Waals surface area contributed by atoms with Crippen LogP contribution in [0.4, 0.5) is 0 Å². The van der Waals surface area contributed by atoms with Gasteiger partial charge in [0.1, 0.15) is 0 Å². The van der Waals surface area contributed by atoms with Gasteiger partial charge in [-0.05, 0) is 31.9 Å². The van der Waals surface area contributed by atoms with Gasteiger partial charge in [-0.3, -0.25) is 14.6 Å². The summed E-state index contributed by atoms with van der Waals surface area (Å²) in [7, 11) is 0. The Morgan fingerprint density at radius 1 is 1.17 bits per heavy atom. The molecule has 0 spiro atoms. The fourth-order valence-electron chi connectivity index (χ4n) is 3.64. The smallest absolute Gasteiger partial charge is 0.234 e. The van der Waals surface area contributed by atoms with E-state index in [0.29, 0.717) is 12.6 Å². The monoisotopic (exact) mass is 330 g/mol. The zero-order valence-electron chi connectivity index (χ0n) is 14.7. The molecule has 0 bridgehead atoms. The molecule has 132 valence electrons. The van der Waals surface area contributed by atoms with E-state index < -0.39 is 0 Å². The lowest BCUT2D eigenvalue weighted by Gasteiger charge is -2.35. The summed E-state index contributed by atoms with van der Waals surface area (Å²) < 4.78 is 0. The molecule has 2 saturated heterocycles. The average Bonchev–Trinajstić information content (AvgIpc) is 2.60. The molecule has 2 heterocycles. The highest BCUT2D eigenvalue weighted by Gasteiger charge is 2.24. The van der Waals surface area contributed by atoms with Gasteiger partial charge in [0, 0.05) is 44.8 Å². The molecule has 2 fully saturated rings. The standard InChI is InChI=1S/C19H30N4O/c1-16-18(8-5-9-20-16)21-19(24)15-23-12-10-22(11-13-23)14-17-6-3-2-4-7-17/h2-4,6-7,16,18,20H,5,8-15H2,1H3,(H,21,24). The average molecular weight is 330 g/mol. The van der Waals surface area contributed by atoms with E-state index in [2.05, 4.69) is 57.7 Å². The molecular formula is C19H30N4O. The molecule has 5 nitrogen and oxygen atoms in total. The van der Waals surface area contributed by atoms with Gasteiger partial charge in [-0.2, -0.15) is 0 Å². The van der Waals surface area contributed by atoms with E-state index in [1.165, 1.54) is 5.56 Å². The molecule has 5 heteroatoms. The Hall–Kier alpha value is -1.43. The number of benzene rings is 1. The van der Waals surface area contributed by atoms with E-state index >= 15 is 0 Å². The maximum absolute atomic E-state index is 12.3. The second-order valence-electron chi connectivity index (χ2n) is 7.10. The van der Waals surface area contributed by atoms with Crippen LogP contribution in [0.15, 0.2) is 30.3 Å². The van der Waals surface area contributed by atoms with Gasteiger partial charge in [0.05, 0.1) is 6.54 Å². The maximum atomic E-state index is 12.3. The van der Waals surface area contributed by atoms with E-state index in [0.717, 1.165) is 52.1 Å². The van der Waals surface area contributed by atoms with Crippen LogP contribution in [0.1, 0.15) is 25.3 Å². The number of nitrogens with one attached hydrogen (secondary N) is 2. The number of carbonyl (C=O) groups is 1. The highest BCUT2D eigenvalue weighted by Crippen LogP contribution is 2.10. The quantitative estimate of drug-likeness (QED) is 0.848. The van der Waals surface area contributed by atoms with Crippen molar-refractivity contribution in [3.8, 4) is 0 Å². The van der Waals surface area contributed by atoms with Crippen molar-refractivity contribution in [3.05, 3.63) is 35.9 Å². The van der Waals surface area contributed by atoms with Crippen LogP contribution in [0.25, 0.3) is 0 Å². The zero-order chi connectivity index (χ0) is 16.8.